The molecule has 60 valence electrons. The molecule has 0 aliphatic rings. The molecular weight excluding hydrogens is 195 g/mol. The van der Waals surface area contributed by atoms with Crippen LogP contribution in [0.5, 0.6) is 0 Å². The first-order valence-corrected chi connectivity index (χ1v) is 3.23. The van der Waals surface area contributed by atoms with Gasteiger partial charge in [0, 0.05) is 0 Å². The van der Waals surface area contributed by atoms with E-state index in [1.165, 1.54) is 0 Å². The van der Waals surface area contributed by atoms with Gasteiger partial charge in [-0.2, -0.15) is 8.78 Å². The summed E-state index contributed by atoms with van der Waals surface area (Å²) in [4.78, 5) is 9.56. The van der Waals surface area contributed by atoms with Gasteiger partial charge in [0.25, 0.3) is 0 Å². The third kappa shape index (κ3) is 2.99. The van der Waals surface area contributed by atoms with Gasteiger partial charge in [0.2, 0.25) is 0 Å². The minimum atomic E-state index is -5.96. The quantitative estimate of drug-likeness (QED) is 0.357. The summed E-state index contributed by atoms with van der Waals surface area (Å²) in [6.07, 6.45) is 0. The fourth-order valence-corrected chi connectivity index (χ4v) is 0.370. The van der Waals surface area contributed by atoms with Gasteiger partial charge in [-0.05, 0) is 0 Å². The molecule has 0 fully saturated rings. The molecule has 0 saturated carbocycles. The van der Waals surface area contributed by atoms with Gasteiger partial charge in [0.15, 0.2) is 10.1 Å². The summed E-state index contributed by atoms with van der Waals surface area (Å²) >= 11 is 0. The zero-order valence-corrected chi connectivity index (χ0v) is 8.19. The molecule has 11 heavy (non-hydrogen) atoms. The van der Waals surface area contributed by atoms with Crippen LogP contribution in [0.2, 0.25) is 0 Å². The summed E-state index contributed by atoms with van der Waals surface area (Å²) < 4.78 is 51.8. The Hall–Kier alpha value is 0.240. The maximum Gasteiger partial charge on any atom is 1.00 e. The first kappa shape index (κ1) is 13.8. The Morgan fingerprint density at radius 1 is 1.45 bits per heavy atom. The molecule has 5 nitrogen and oxygen atoms in total. The summed E-state index contributed by atoms with van der Waals surface area (Å²) in [6, 6.07) is 0. The van der Waals surface area contributed by atoms with Crippen molar-refractivity contribution in [3.8, 4) is 0 Å². The van der Waals surface area contributed by atoms with Crippen LogP contribution in [0.1, 0.15) is 0 Å². The monoisotopic (exact) mass is 197 g/mol. The molecule has 0 spiro atoms. The van der Waals surface area contributed by atoms with E-state index in [-0.39, 0.29) is 29.6 Å². The summed E-state index contributed by atoms with van der Waals surface area (Å²) in [7, 11) is -5.96. The molecule has 0 aromatic carbocycles. The molecule has 0 heterocycles. The molecular formula is C2H2F2NNaO4S. The molecule has 0 aromatic rings. The molecule has 9 heteroatoms. The van der Waals surface area contributed by atoms with E-state index in [4.69, 9.17) is 0 Å². The first-order valence-electron chi connectivity index (χ1n) is 1.82. The smallest absolute Gasteiger partial charge is 0.743 e. The zero-order chi connectivity index (χ0) is 8.58. The largest absolute Gasteiger partial charge is 1.00 e. The molecule has 0 unspecified atom stereocenters. The van der Waals surface area contributed by atoms with Crippen molar-refractivity contribution in [3.63, 3.8) is 0 Å². The maximum atomic E-state index is 11.7. The SMILES string of the molecule is NC(=O)C(F)(F)S(=O)(=O)[O-].[Na+]. The van der Waals surface area contributed by atoms with E-state index in [0.717, 1.165) is 0 Å². The summed E-state index contributed by atoms with van der Waals surface area (Å²) in [5, 5.41) is -5.01. The maximum absolute atomic E-state index is 11.7. The third-order valence-electron chi connectivity index (χ3n) is 0.601. The number of rotatable bonds is 2. The fraction of sp³-hybridized carbons (Fsp3) is 0.500. The topological polar surface area (TPSA) is 100 Å². The number of alkyl halides is 2. The van der Waals surface area contributed by atoms with Crippen LogP contribution >= 0.6 is 0 Å². The number of amides is 1. The Morgan fingerprint density at radius 3 is 1.73 bits per heavy atom. The second-order valence-corrected chi connectivity index (χ2v) is 2.76. The summed E-state index contributed by atoms with van der Waals surface area (Å²) in [5.41, 5.74) is 3.89. The molecule has 0 rings (SSSR count). The van der Waals surface area contributed by atoms with E-state index in [0.29, 0.717) is 0 Å². The van der Waals surface area contributed by atoms with Gasteiger partial charge in [0.05, 0.1) is 0 Å². The minimum absolute atomic E-state index is 0. The van der Waals surface area contributed by atoms with Gasteiger partial charge < -0.3 is 10.3 Å². The predicted molar refractivity (Wildman–Crippen MR) is 23.8 cm³/mol. The molecule has 0 aromatic heterocycles. The normalized spacial score (nSPS) is 11.9. The van der Waals surface area contributed by atoms with Crippen LogP contribution in [-0.2, 0) is 14.9 Å². The van der Waals surface area contributed by atoms with E-state index < -0.39 is 21.3 Å². The molecule has 0 saturated heterocycles. The van der Waals surface area contributed by atoms with Crippen LogP contribution in [0.4, 0.5) is 8.78 Å². The number of halogens is 2. The van der Waals surface area contributed by atoms with Crippen LogP contribution in [0.3, 0.4) is 0 Å². The van der Waals surface area contributed by atoms with E-state index in [2.05, 4.69) is 5.73 Å². The summed E-state index contributed by atoms with van der Waals surface area (Å²) in [5.74, 6) is -2.47. The van der Waals surface area contributed by atoms with Crippen molar-refractivity contribution in [1.82, 2.24) is 0 Å². The van der Waals surface area contributed by atoms with Gasteiger partial charge in [-0.25, -0.2) is 8.42 Å². The predicted octanol–water partition coefficient (Wildman–Crippen LogP) is -4.39. The zero-order valence-electron chi connectivity index (χ0n) is 5.37. The number of hydrogen-bond acceptors (Lipinski definition) is 4. The minimum Gasteiger partial charge on any atom is -0.743 e. The van der Waals surface area contributed by atoms with Gasteiger partial charge in [0.1, 0.15) is 0 Å². The Labute approximate surface area is 83.0 Å². The second-order valence-electron chi connectivity index (χ2n) is 1.34. The third-order valence-corrected chi connectivity index (χ3v) is 1.43. The molecule has 1 amide bonds. The van der Waals surface area contributed by atoms with Crippen molar-refractivity contribution >= 4 is 16.0 Å². The molecule has 0 bridgehead atoms. The van der Waals surface area contributed by atoms with Crippen molar-refractivity contribution < 1.29 is 56.1 Å². The van der Waals surface area contributed by atoms with Gasteiger partial charge in [-0.15, -0.1) is 0 Å². The number of carbonyl (C=O) groups excluding carboxylic acids is 1. The van der Waals surface area contributed by atoms with E-state index in [9.17, 15) is 26.5 Å². The van der Waals surface area contributed by atoms with Crippen molar-refractivity contribution in [3.05, 3.63) is 0 Å². The van der Waals surface area contributed by atoms with E-state index >= 15 is 0 Å². The number of hydrogen-bond donors (Lipinski definition) is 1. The standard InChI is InChI=1S/C2H3F2NO4S.Na/c3-2(4,1(5)6)10(7,8)9;/h(H2,5,6)(H,7,8,9);/q;+1/p-1. The van der Waals surface area contributed by atoms with Crippen LogP contribution in [-0.4, -0.2) is 24.1 Å². The van der Waals surface area contributed by atoms with Gasteiger partial charge in [-0.1, -0.05) is 0 Å². The Bertz CT molecular complexity index is 249. The van der Waals surface area contributed by atoms with E-state index in [1.54, 1.807) is 0 Å². The van der Waals surface area contributed by atoms with Crippen LogP contribution in [0, 0.1) is 0 Å². The summed E-state index contributed by atoms with van der Waals surface area (Å²) in [6.45, 7) is 0. The molecule has 0 aliphatic heterocycles. The number of nitrogens with two attached hydrogens (primary N) is 1. The molecule has 0 atom stereocenters. The molecule has 0 aliphatic carbocycles. The molecule has 0 radical (unpaired) electrons. The number of primary amides is 1. The van der Waals surface area contributed by atoms with Crippen LogP contribution < -0.4 is 35.3 Å². The molecule has 2 N–H and O–H groups in total. The van der Waals surface area contributed by atoms with Crippen molar-refractivity contribution in [2.45, 2.75) is 5.25 Å². The van der Waals surface area contributed by atoms with E-state index in [1.807, 2.05) is 0 Å². The average molecular weight is 197 g/mol. The van der Waals surface area contributed by atoms with Gasteiger partial charge >= 0.3 is 40.7 Å². The van der Waals surface area contributed by atoms with Gasteiger partial charge in [-0.3, -0.25) is 4.79 Å². The van der Waals surface area contributed by atoms with Crippen LogP contribution in [0.25, 0.3) is 0 Å². The van der Waals surface area contributed by atoms with Crippen molar-refractivity contribution in [2.75, 3.05) is 0 Å². The van der Waals surface area contributed by atoms with Crippen LogP contribution in [0.15, 0.2) is 0 Å². The Morgan fingerprint density at radius 2 is 1.73 bits per heavy atom. The average Bonchev–Trinajstić information content (AvgIpc) is 1.62. The Balaban J connectivity index is 0. The number of carbonyl (C=O) groups is 1. The Kier molecular flexibility index (Phi) is 4.72. The van der Waals surface area contributed by atoms with Crippen molar-refractivity contribution in [1.29, 1.82) is 0 Å². The first-order chi connectivity index (χ1) is 4.19. The van der Waals surface area contributed by atoms with Crippen molar-refractivity contribution in [2.24, 2.45) is 5.73 Å². The second kappa shape index (κ2) is 3.76. The fourth-order valence-electron chi connectivity index (χ4n) is 0.123.